The van der Waals surface area contributed by atoms with Crippen molar-refractivity contribution >= 4 is 17.4 Å². The van der Waals surface area contributed by atoms with E-state index in [-0.39, 0.29) is 6.03 Å². The number of rotatable bonds is 4. The first kappa shape index (κ1) is 15.5. The summed E-state index contributed by atoms with van der Waals surface area (Å²) in [5.74, 6) is 2.32. The Morgan fingerprint density at radius 1 is 1.04 bits per heavy atom. The Morgan fingerprint density at radius 3 is 2.33 bits per heavy atom. The van der Waals surface area contributed by atoms with Gasteiger partial charge in [0.25, 0.3) is 0 Å². The van der Waals surface area contributed by atoms with Crippen molar-refractivity contribution in [3.8, 4) is 11.6 Å². The van der Waals surface area contributed by atoms with Crippen LogP contribution in [-0.4, -0.2) is 27.7 Å². The van der Waals surface area contributed by atoms with E-state index in [1.165, 1.54) is 0 Å². The normalized spacial score (nSPS) is 10.2. The van der Waals surface area contributed by atoms with Gasteiger partial charge in [-0.2, -0.15) is 0 Å². The number of carbonyl (C=O) groups excluding carboxylic acids is 1. The molecule has 0 aliphatic heterocycles. The molecule has 0 unspecified atom stereocenters. The minimum atomic E-state index is -0.339. The van der Waals surface area contributed by atoms with Crippen molar-refractivity contribution in [1.82, 2.24) is 14.5 Å². The first-order valence-corrected chi connectivity index (χ1v) is 7.34. The summed E-state index contributed by atoms with van der Waals surface area (Å²) in [4.78, 5) is 20.5. The van der Waals surface area contributed by atoms with Crippen LogP contribution in [0.1, 0.15) is 5.82 Å². The highest BCUT2D eigenvalue weighted by molar-refractivity contribution is 5.99. The van der Waals surface area contributed by atoms with Gasteiger partial charge in [-0.15, -0.1) is 0 Å². The van der Waals surface area contributed by atoms with Crippen molar-refractivity contribution in [2.75, 3.05) is 17.7 Å². The fourth-order valence-corrected chi connectivity index (χ4v) is 2.19. The second-order valence-electron chi connectivity index (χ2n) is 5.06. The average molecular weight is 323 g/mol. The predicted molar refractivity (Wildman–Crippen MR) is 91.7 cm³/mol. The number of hydrogen-bond acceptors (Lipinski definition) is 4. The summed E-state index contributed by atoms with van der Waals surface area (Å²) in [5, 5.41) is 5.48. The third kappa shape index (κ3) is 3.52. The molecule has 0 radical (unpaired) electrons. The first-order chi connectivity index (χ1) is 11.7. The minimum absolute atomic E-state index is 0.339. The van der Waals surface area contributed by atoms with Crippen LogP contribution in [0.15, 0.2) is 55.0 Å². The molecule has 2 amide bonds. The minimum Gasteiger partial charge on any atom is -0.497 e. The van der Waals surface area contributed by atoms with E-state index in [2.05, 4.69) is 20.6 Å². The monoisotopic (exact) mass is 323 g/mol. The van der Waals surface area contributed by atoms with Crippen molar-refractivity contribution in [2.24, 2.45) is 0 Å². The van der Waals surface area contributed by atoms with Crippen LogP contribution in [0.4, 0.5) is 16.2 Å². The summed E-state index contributed by atoms with van der Waals surface area (Å²) in [6.07, 6.45) is 5.15. The number of anilines is 2. The second-order valence-corrected chi connectivity index (χ2v) is 5.06. The van der Waals surface area contributed by atoms with E-state index in [0.717, 1.165) is 17.4 Å². The molecule has 3 aromatic rings. The molecule has 7 heteroatoms. The molecule has 2 heterocycles. The van der Waals surface area contributed by atoms with Crippen LogP contribution < -0.4 is 15.4 Å². The lowest BCUT2D eigenvalue weighted by atomic mass is 10.3. The van der Waals surface area contributed by atoms with Gasteiger partial charge in [0.05, 0.1) is 19.0 Å². The Morgan fingerprint density at radius 2 is 1.75 bits per heavy atom. The molecule has 24 heavy (non-hydrogen) atoms. The summed E-state index contributed by atoms with van der Waals surface area (Å²) >= 11 is 0. The molecule has 0 spiro atoms. The van der Waals surface area contributed by atoms with Gasteiger partial charge in [-0.3, -0.25) is 4.57 Å². The van der Waals surface area contributed by atoms with E-state index in [9.17, 15) is 4.79 Å². The van der Waals surface area contributed by atoms with Crippen molar-refractivity contribution in [2.45, 2.75) is 6.92 Å². The van der Waals surface area contributed by atoms with Gasteiger partial charge < -0.3 is 15.4 Å². The van der Waals surface area contributed by atoms with Crippen molar-refractivity contribution < 1.29 is 9.53 Å². The molecule has 0 bridgehead atoms. The molecule has 3 rings (SSSR count). The highest BCUT2D eigenvalue weighted by Gasteiger charge is 2.05. The highest BCUT2D eigenvalue weighted by Crippen LogP contribution is 2.16. The van der Waals surface area contributed by atoms with Gasteiger partial charge in [0.2, 0.25) is 0 Å². The number of nitrogens with zero attached hydrogens (tertiary/aromatic N) is 3. The van der Waals surface area contributed by atoms with E-state index in [1.54, 1.807) is 49.8 Å². The van der Waals surface area contributed by atoms with Crippen LogP contribution in [0.25, 0.3) is 5.82 Å². The fraction of sp³-hybridized carbons (Fsp3) is 0.118. The SMILES string of the molecule is COc1ccc(NC(=O)Nc2ccc(-n3ccnc3C)nc2)cc1. The van der Waals surface area contributed by atoms with Crippen LogP contribution >= 0.6 is 0 Å². The number of pyridine rings is 1. The molecular formula is C17H17N5O2. The summed E-state index contributed by atoms with van der Waals surface area (Å²) in [6.45, 7) is 1.90. The number of amides is 2. The molecule has 0 saturated heterocycles. The Balaban J connectivity index is 1.63. The van der Waals surface area contributed by atoms with Gasteiger partial charge in [0, 0.05) is 18.1 Å². The molecule has 0 atom stereocenters. The molecule has 2 N–H and O–H groups in total. The van der Waals surface area contributed by atoms with E-state index in [4.69, 9.17) is 4.74 Å². The summed E-state index contributed by atoms with van der Waals surface area (Å²) < 4.78 is 6.94. The smallest absolute Gasteiger partial charge is 0.323 e. The number of imidazole rings is 1. The molecule has 0 aliphatic rings. The molecular weight excluding hydrogens is 306 g/mol. The summed E-state index contributed by atoms with van der Waals surface area (Å²) in [6, 6.07) is 10.4. The van der Waals surface area contributed by atoms with Crippen molar-refractivity contribution in [1.29, 1.82) is 0 Å². The maximum absolute atomic E-state index is 12.0. The van der Waals surface area contributed by atoms with Crippen LogP contribution in [0.5, 0.6) is 5.75 Å². The van der Waals surface area contributed by atoms with Gasteiger partial charge in [0.15, 0.2) is 0 Å². The molecule has 0 saturated carbocycles. The quantitative estimate of drug-likeness (QED) is 0.772. The lowest BCUT2D eigenvalue weighted by molar-refractivity contribution is 0.262. The number of hydrogen-bond donors (Lipinski definition) is 2. The number of ether oxygens (including phenoxy) is 1. The maximum atomic E-state index is 12.0. The summed E-state index contributed by atoms with van der Waals surface area (Å²) in [5.41, 5.74) is 1.27. The Bertz CT molecular complexity index is 825. The molecule has 0 fully saturated rings. The van der Waals surface area contributed by atoms with E-state index >= 15 is 0 Å². The van der Waals surface area contributed by atoms with Gasteiger partial charge in [-0.05, 0) is 43.3 Å². The standard InChI is InChI=1S/C17H17N5O2/c1-12-18-9-10-22(12)16-8-5-14(11-19-16)21-17(23)20-13-3-6-15(24-2)7-4-13/h3-11H,1-2H3,(H2,20,21,23). The highest BCUT2D eigenvalue weighted by atomic mass is 16.5. The van der Waals surface area contributed by atoms with Gasteiger partial charge >= 0.3 is 6.03 Å². The molecule has 122 valence electrons. The van der Waals surface area contributed by atoms with Crippen molar-refractivity contribution in [3.05, 3.63) is 60.8 Å². The third-order valence-corrected chi connectivity index (χ3v) is 3.43. The topological polar surface area (TPSA) is 81.1 Å². The first-order valence-electron chi connectivity index (χ1n) is 7.34. The predicted octanol–water partition coefficient (Wildman–Crippen LogP) is 3.23. The molecule has 7 nitrogen and oxygen atoms in total. The molecule has 2 aromatic heterocycles. The van der Waals surface area contributed by atoms with Crippen LogP contribution in [0, 0.1) is 6.92 Å². The van der Waals surface area contributed by atoms with Crippen LogP contribution in [0.3, 0.4) is 0 Å². The number of nitrogens with one attached hydrogen (secondary N) is 2. The van der Waals surface area contributed by atoms with Crippen molar-refractivity contribution in [3.63, 3.8) is 0 Å². The largest absolute Gasteiger partial charge is 0.497 e. The Labute approximate surface area is 139 Å². The second kappa shape index (κ2) is 6.82. The maximum Gasteiger partial charge on any atom is 0.323 e. The zero-order chi connectivity index (χ0) is 16.9. The number of aryl methyl sites for hydroxylation is 1. The van der Waals surface area contributed by atoms with Crippen LogP contribution in [0.2, 0.25) is 0 Å². The van der Waals surface area contributed by atoms with E-state index < -0.39 is 0 Å². The molecule has 1 aromatic carbocycles. The van der Waals surface area contributed by atoms with Gasteiger partial charge in [-0.1, -0.05) is 0 Å². The number of carbonyl (C=O) groups is 1. The number of urea groups is 1. The zero-order valence-corrected chi connectivity index (χ0v) is 13.4. The van der Waals surface area contributed by atoms with Gasteiger partial charge in [-0.25, -0.2) is 14.8 Å². The molecule has 0 aliphatic carbocycles. The lowest BCUT2D eigenvalue weighted by Gasteiger charge is -2.09. The van der Waals surface area contributed by atoms with E-state index in [0.29, 0.717) is 11.4 Å². The number of aromatic nitrogens is 3. The fourth-order valence-electron chi connectivity index (χ4n) is 2.19. The lowest BCUT2D eigenvalue weighted by Crippen LogP contribution is -2.19. The Kier molecular flexibility index (Phi) is 4.42. The zero-order valence-electron chi connectivity index (χ0n) is 13.4. The van der Waals surface area contributed by atoms with Gasteiger partial charge in [0.1, 0.15) is 17.4 Å². The third-order valence-electron chi connectivity index (χ3n) is 3.43. The summed E-state index contributed by atoms with van der Waals surface area (Å²) in [7, 11) is 1.59. The number of benzene rings is 1. The van der Waals surface area contributed by atoms with E-state index in [1.807, 2.05) is 23.8 Å². The number of methoxy groups -OCH3 is 1. The van der Waals surface area contributed by atoms with Crippen LogP contribution in [-0.2, 0) is 0 Å². The average Bonchev–Trinajstić information content (AvgIpc) is 3.02. The Hall–Kier alpha value is -3.35.